The molecule has 6 nitrogen and oxygen atoms in total. The van der Waals surface area contributed by atoms with Gasteiger partial charge in [0.25, 0.3) is 0 Å². The Morgan fingerprint density at radius 2 is 1.90 bits per heavy atom. The molecule has 0 N–H and O–H groups in total. The zero-order valence-corrected chi connectivity index (χ0v) is 11.0. The molecule has 1 rings (SSSR count). The number of alkyl halides is 3. The second kappa shape index (κ2) is 6.44. The quantitative estimate of drug-likeness (QED) is 0.261. The lowest BCUT2D eigenvalue weighted by Gasteiger charge is -2.13. The van der Waals surface area contributed by atoms with E-state index in [4.69, 9.17) is 0 Å². The Hall–Kier alpha value is -1.29. The molecule has 0 heterocycles. The van der Waals surface area contributed by atoms with Crippen LogP contribution in [0.15, 0.2) is 23.1 Å². The summed E-state index contributed by atoms with van der Waals surface area (Å²) in [6.45, 7) is -1.08. The highest BCUT2D eigenvalue weighted by Gasteiger charge is 2.35. The smallest absolute Gasteiger partial charge is 0.404 e. The molecular weight excluding hydrogens is 331 g/mol. The number of hydrogen-bond donors (Lipinski definition) is 0. The zero-order valence-electron chi connectivity index (χ0n) is 9.26. The van der Waals surface area contributed by atoms with Gasteiger partial charge in [0.2, 0.25) is 0 Å². The summed E-state index contributed by atoms with van der Waals surface area (Å²) in [5, 5.41) is 0. The van der Waals surface area contributed by atoms with Crippen LogP contribution in [0.3, 0.4) is 0 Å². The van der Waals surface area contributed by atoms with Gasteiger partial charge in [0.15, 0.2) is 17.4 Å². The summed E-state index contributed by atoms with van der Waals surface area (Å²) in [6.07, 6.45) is -5.22. The van der Waals surface area contributed by atoms with Crippen molar-refractivity contribution in [2.24, 2.45) is 0 Å². The van der Waals surface area contributed by atoms with E-state index in [0.717, 1.165) is 6.07 Å². The fourth-order valence-electron chi connectivity index (χ4n) is 1.10. The summed E-state index contributed by atoms with van der Waals surface area (Å²) in [4.78, 5) is -1.44. The highest BCUT2D eigenvalue weighted by atomic mass is 32.2. The molecular formula is C8H5F4O6PS. The molecule has 0 aliphatic heterocycles. The van der Waals surface area contributed by atoms with E-state index in [1.165, 1.54) is 0 Å². The summed E-state index contributed by atoms with van der Waals surface area (Å²) in [5.41, 5.74) is 0. The summed E-state index contributed by atoms with van der Waals surface area (Å²) >= 11 is 0. The van der Waals surface area contributed by atoms with E-state index in [1.54, 1.807) is 0 Å². The van der Waals surface area contributed by atoms with E-state index in [1.807, 2.05) is 0 Å². The van der Waals surface area contributed by atoms with Crippen LogP contribution in [-0.2, 0) is 23.4 Å². The van der Waals surface area contributed by atoms with Crippen LogP contribution in [0.1, 0.15) is 0 Å². The molecule has 1 aromatic carbocycles. The third-order valence-corrected chi connectivity index (χ3v) is 3.23. The number of benzene rings is 1. The monoisotopic (exact) mass is 336 g/mol. The first-order chi connectivity index (χ1) is 9.17. The minimum Gasteiger partial charge on any atom is -0.404 e. The van der Waals surface area contributed by atoms with E-state index < -0.39 is 48.4 Å². The van der Waals surface area contributed by atoms with Crippen molar-refractivity contribution in [1.29, 1.82) is 0 Å². The third-order valence-electron chi connectivity index (χ3n) is 1.72. The second-order valence-corrected chi connectivity index (χ2v) is 4.97. The van der Waals surface area contributed by atoms with Crippen molar-refractivity contribution in [3.8, 4) is 5.75 Å². The Balaban J connectivity index is 3.18. The topological polar surface area (TPSA) is 78.9 Å². The lowest BCUT2D eigenvalue weighted by Crippen LogP contribution is -2.20. The first-order valence-electron chi connectivity index (χ1n) is 4.55. The van der Waals surface area contributed by atoms with Crippen LogP contribution in [0.5, 0.6) is 5.75 Å². The Morgan fingerprint density at radius 1 is 1.25 bits per heavy atom. The van der Waals surface area contributed by atoms with Crippen molar-refractivity contribution in [3.05, 3.63) is 24.0 Å². The zero-order chi connectivity index (χ0) is 15.4. The number of ether oxygens (including phenoxy) is 1. The molecule has 0 unspecified atom stereocenters. The van der Waals surface area contributed by atoms with E-state index in [9.17, 15) is 30.5 Å². The maximum Gasteiger partial charge on any atom is 0.573 e. The van der Waals surface area contributed by atoms with Crippen molar-refractivity contribution < 1.29 is 44.0 Å². The molecule has 0 saturated heterocycles. The van der Waals surface area contributed by atoms with Gasteiger partial charge in [-0.15, -0.1) is 13.2 Å². The first-order valence-corrected chi connectivity index (χ1v) is 6.69. The van der Waals surface area contributed by atoms with Gasteiger partial charge >= 0.3 is 25.2 Å². The normalized spacial score (nSPS) is 12.6. The standard InChI is InChI=1S/C8H5F4O6PS/c9-5-2-1-3-6(18-8(10,11)12)7(5)20(14,15)17-4-16-19-13/h1-3H,4H2. The molecule has 112 valence electrons. The van der Waals surface area contributed by atoms with Crippen LogP contribution < -0.4 is 4.74 Å². The van der Waals surface area contributed by atoms with Crippen LogP contribution in [0.25, 0.3) is 0 Å². The summed E-state index contributed by atoms with van der Waals surface area (Å²) < 4.78 is 94.2. The van der Waals surface area contributed by atoms with Gasteiger partial charge < -0.3 is 4.74 Å². The van der Waals surface area contributed by atoms with Crippen molar-refractivity contribution in [2.45, 2.75) is 11.3 Å². The molecule has 0 fully saturated rings. The van der Waals surface area contributed by atoms with Gasteiger partial charge in [-0.1, -0.05) is 6.07 Å². The van der Waals surface area contributed by atoms with E-state index >= 15 is 0 Å². The predicted molar refractivity (Wildman–Crippen MR) is 54.9 cm³/mol. The first kappa shape index (κ1) is 16.8. The van der Waals surface area contributed by atoms with Crippen LogP contribution >= 0.6 is 8.69 Å². The minimum absolute atomic E-state index is 0.597. The Kier molecular flexibility index (Phi) is 5.40. The number of rotatable bonds is 6. The molecule has 0 atom stereocenters. The molecule has 0 aliphatic carbocycles. The molecule has 20 heavy (non-hydrogen) atoms. The summed E-state index contributed by atoms with van der Waals surface area (Å²) in [5.74, 6) is -2.80. The average molecular weight is 336 g/mol. The van der Waals surface area contributed by atoms with Crippen LogP contribution in [0, 0.1) is 5.82 Å². The molecule has 12 heteroatoms. The minimum atomic E-state index is -5.22. The number of hydrogen-bond acceptors (Lipinski definition) is 6. The fourth-order valence-corrected chi connectivity index (χ4v) is 2.22. The van der Waals surface area contributed by atoms with Crippen molar-refractivity contribution in [2.75, 3.05) is 6.79 Å². The highest BCUT2D eigenvalue weighted by Crippen LogP contribution is 2.32. The summed E-state index contributed by atoms with van der Waals surface area (Å²) in [6, 6.07) is 2.02. The van der Waals surface area contributed by atoms with Crippen LogP contribution in [0.4, 0.5) is 17.6 Å². The predicted octanol–water partition coefficient (Wildman–Crippen LogP) is 2.61. The molecule has 0 spiro atoms. The van der Waals surface area contributed by atoms with Gasteiger partial charge in [-0.05, 0) is 12.1 Å². The van der Waals surface area contributed by atoms with Gasteiger partial charge in [0.1, 0.15) is 5.82 Å². The van der Waals surface area contributed by atoms with Gasteiger partial charge in [-0.2, -0.15) is 8.42 Å². The van der Waals surface area contributed by atoms with Gasteiger partial charge in [0.05, 0.1) is 0 Å². The van der Waals surface area contributed by atoms with E-state index in [-0.39, 0.29) is 0 Å². The maximum atomic E-state index is 13.4. The molecule has 0 aromatic heterocycles. The molecule has 0 amide bonds. The van der Waals surface area contributed by atoms with Crippen LogP contribution in [0.2, 0.25) is 0 Å². The maximum absolute atomic E-state index is 13.4. The van der Waals surface area contributed by atoms with E-state index in [0.29, 0.717) is 12.1 Å². The van der Waals surface area contributed by atoms with Crippen molar-refractivity contribution in [3.63, 3.8) is 0 Å². The molecule has 0 bridgehead atoms. The van der Waals surface area contributed by atoms with Gasteiger partial charge in [-0.25, -0.2) is 13.1 Å². The largest absolute Gasteiger partial charge is 0.573 e. The Labute approximate surface area is 111 Å². The molecule has 0 aliphatic rings. The second-order valence-electron chi connectivity index (χ2n) is 3.01. The summed E-state index contributed by atoms with van der Waals surface area (Å²) in [7, 11) is -5.86. The lowest BCUT2D eigenvalue weighted by molar-refractivity contribution is -0.275. The average Bonchev–Trinajstić information content (AvgIpc) is 2.26. The van der Waals surface area contributed by atoms with Crippen molar-refractivity contribution >= 4 is 18.8 Å². The molecule has 0 radical (unpaired) electrons. The fraction of sp³-hybridized carbons (Fsp3) is 0.250. The lowest BCUT2D eigenvalue weighted by atomic mass is 10.3. The van der Waals surface area contributed by atoms with Crippen molar-refractivity contribution in [1.82, 2.24) is 0 Å². The Morgan fingerprint density at radius 3 is 2.45 bits per heavy atom. The van der Waals surface area contributed by atoms with Crippen LogP contribution in [-0.4, -0.2) is 21.6 Å². The van der Waals surface area contributed by atoms with Gasteiger partial charge in [0, 0.05) is 0 Å². The number of halogens is 4. The SMILES string of the molecule is O=POCOS(=O)(=O)c1c(F)cccc1OC(F)(F)F. The molecule has 1 aromatic rings. The third kappa shape index (κ3) is 4.67. The highest BCUT2D eigenvalue weighted by molar-refractivity contribution is 7.86. The van der Waals surface area contributed by atoms with E-state index in [2.05, 4.69) is 13.4 Å². The molecule has 0 saturated carbocycles. The Bertz CT molecular complexity index is 587. The van der Waals surface area contributed by atoms with Gasteiger partial charge in [-0.3, -0.25) is 4.52 Å².